The van der Waals surface area contributed by atoms with Gasteiger partial charge in [-0.15, -0.1) is 0 Å². The minimum atomic E-state index is 0.377. The number of halogens is 1. The maximum absolute atomic E-state index is 5.99. The van der Waals surface area contributed by atoms with Crippen LogP contribution in [0.15, 0.2) is 18.5 Å². The maximum Gasteiger partial charge on any atom is 0.156 e. The molecule has 0 fully saturated rings. The molecule has 0 unspecified atom stereocenters. The van der Waals surface area contributed by atoms with Crippen molar-refractivity contribution < 1.29 is 4.74 Å². The number of rotatable bonds is 5. The quantitative estimate of drug-likeness (QED) is 0.616. The fourth-order valence-corrected chi connectivity index (χ4v) is 1.74. The summed E-state index contributed by atoms with van der Waals surface area (Å²) in [6.45, 7) is 3.12. The number of aryl methyl sites for hydroxylation is 1. The zero-order chi connectivity index (χ0) is 13.0. The number of aromatic nitrogens is 4. The summed E-state index contributed by atoms with van der Waals surface area (Å²) in [6.07, 6.45) is 4.60. The van der Waals surface area contributed by atoms with Gasteiger partial charge in [0.15, 0.2) is 5.82 Å². The van der Waals surface area contributed by atoms with Gasteiger partial charge in [-0.25, -0.2) is 9.97 Å². The highest BCUT2D eigenvalue weighted by Crippen LogP contribution is 2.19. The fourth-order valence-electron chi connectivity index (χ4n) is 1.54. The van der Waals surface area contributed by atoms with E-state index in [1.807, 2.05) is 13.2 Å². The molecular formula is C12H15ClN4O. The van der Waals surface area contributed by atoms with Crippen molar-refractivity contribution in [2.75, 3.05) is 6.61 Å². The van der Waals surface area contributed by atoms with Crippen LogP contribution in [0.4, 0.5) is 0 Å². The molecule has 0 amide bonds. The van der Waals surface area contributed by atoms with Crippen molar-refractivity contribution in [2.45, 2.75) is 20.0 Å². The van der Waals surface area contributed by atoms with E-state index in [1.165, 1.54) is 0 Å². The number of hydrogen-bond acceptors (Lipinski definition) is 4. The van der Waals surface area contributed by atoms with Gasteiger partial charge < -0.3 is 4.74 Å². The van der Waals surface area contributed by atoms with E-state index in [1.54, 1.807) is 16.9 Å². The monoisotopic (exact) mass is 266 g/mol. The fraction of sp³-hybridized carbons (Fsp3) is 0.417. The molecule has 0 saturated heterocycles. The van der Waals surface area contributed by atoms with Crippen LogP contribution in [0.25, 0.3) is 11.3 Å². The number of ether oxygens (including phenoxy) is 1. The molecule has 0 atom stereocenters. The maximum atomic E-state index is 5.99. The van der Waals surface area contributed by atoms with Gasteiger partial charge in [-0.05, 0) is 6.42 Å². The van der Waals surface area contributed by atoms with Crippen LogP contribution in [-0.4, -0.2) is 26.4 Å². The minimum Gasteiger partial charge on any atom is -0.373 e. The van der Waals surface area contributed by atoms with Crippen LogP contribution >= 0.6 is 11.6 Å². The first-order valence-corrected chi connectivity index (χ1v) is 6.17. The van der Waals surface area contributed by atoms with Crippen LogP contribution in [0, 0.1) is 0 Å². The zero-order valence-corrected chi connectivity index (χ0v) is 11.2. The van der Waals surface area contributed by atoms with Crippen LogP contribution in [0.3, 0.4) is 0 Å². The first-order valence-electron chi connectivity index (χ1n) is 5.79. The normalized spacial score (nSPS) is 10.8. The summed E-state index contributed by atoms with van der Waals surface area (Å²) in [5, 5.41) is 4.53. The Morgan fingerprint density at radius 2 is 2.22 bits per heavy atom. The van der Waals surface area contributed by atoms with Crippen molar-refractivity contribution in [1.82, 2.24) is 19.7 Å². The topological polar surface area (TPSA) is 52.8 Å². The molecule has 96 valence electrons. The van der Waals surface area contributed by atoms with Crippen molar-refractivity contribution in [3.63, 3.8) is 0 Å². The molecule has 0 aromatic carbocycles. The Morgan fingerprint density at radius 3 is 2.89 bits per heavy atom. The van der Waals surface area contributed by atoms with E-state index < -0.39 is 0 Å². The Kier molecular flexibility index (Phi) is 4.28. The number of hydrogen-bond donors (Lipinski definition) is 0. The molecule has 2 rings (SSSR count). The van der Waals surface area contributed by atoms with Crippen molar-refractivity contribution in [1.29, 1.82) is 0 Å². The van der Waals surface area contributed by atoms with Crippen LogP contribution < -0.4 is 0 Å². The highest BCUT2D eigenvalue weighted by molar-refractivity contribution is 6.29. The lowest BCUT2D eigenvalue weighted by molar-refractivity contribution is 0.116. The lowest BCUT2D eigenvalue weighted by Gasteiger charge is -2.04. The van der Waals surface area contributed by atoms with Gasteiger partial charge in [0.05, 0.1) is 11.9 Å². The van der Waals surface area contributed by atoms with Crippen LogP contribution in [0.2, 0.25) is 5.15 Å². The van der Waals surface area contributed by atoms with Crippen molar-refractivity contribution in [2.24, 2.45) is 7.05 Å². The molecule has 0 bridgehead atoms. The molecule has 2 aromatic heterocycles. The lowest BCUT2D eigenvalue weighted by atomic mass is 10.2. The molecule has 0 aliphatic carbocycles. The molecule has 6 heteroatoms. The van der Waals surface area contributed by atoms with Gasteiger partial charge in [0, 0.05) is 31.5 Å². The second-order valence-corrected chi connectivity index (χ2v) is 4.33. The average molecular weight is 267 g/mol. The average Bonchev–Trinajstić information content (AvgIpc) is 2.76. The summed E-state index contributed by atoms with van der Waals surface area (Å²) in [5.41, 5.74) is 1.68. The standard InChI is InChI=1S/C12H15ClN4O/c1-3-4-18-8-12-15-10(5-11(13)16-12)9-6-14-17(2)7-9/h5-7H,3-4,8H2,1-2H3. The summed E-state index contributed by atoms with van der Waals surface area (Å²) in [4.78, 5) is 8.56. The SMILES string of the molecule is CCCOCc1nc(Cl)cc(-c2cnn(C)c2)n1. The minimum absolute atomic E-state index is 0.377. The van der Waals surface area contributed by atoms with Crippen molar-refractivity contribution in [3.05, 3.63) is 29.4 Å². The molecule has 18 heavy (non-hydrogen) atoms. The first-order chi connectivity index (χ1) is 8.69. The van der Waals surface area contributed by atoms with Crippen molar-refractivity contribution >= 4 is 11.6 Å². The van der Waals surface area contributed by atoms with E-state index in [0.717, 1.165) is 17.7 Å². The molecule has 0 aliphatic heterocycles. The predicted octanol–water partition coefficient (Wildman–Crippen LogP) is 2.46. The van der Waals surface area contributed by atoms with E-state index in [9.17, 15) is 0 Å². The van der Waals surface area contributed by atoms with Gasteiger partial charge in [-0.3, -0.25) is 4.68 Å². The van der Waals surface area contributed by atoms with E-state index in [0.29, 0.717) is 24.2 Å². The van der Waals surface area contributed by atoms with Crippen LogP contribution in [-0.2, 0) is 18.4 Å². The molecule has 0 aliphatic rings. The van der Waals surface area contributed by atoms with E-state index in [-0.39, 0.29) is 0 Å². The summed E-state index contributed by atoms with van der Waals surface area (Å²) in [6, 6.07) is 1.72. The molecule has 0 N–H and O–H groups in total. The number of nitrogens with zero attached hydrogens (tertiary/aromatic N) is 4. The molecule has 5 nitrogen and oxygen atoms in total. The third kappa shape index (κ3) is 3.27. The second kappa shape index (κ2) is 5.93. The molecule has 2 aromatic rings. The van der Waals surface area contributed by atoms with Crippen LogP contribution in [0.5, 0.6) is 0 Å². The lowest BCUT2D eigenvalue weighted by Crippen LogP contribution is -2.01. The molecule has 0 spiro atoms. The first kappa shape index (κ1) is 13.0. The van der Waals surface area contributed by atoms with E-state index in [2.05, 4.69) is 22.0 Å². The van der Waals surface area contributed by atoms with Crippen molar-refractivity contribution in [3.8, 4) is 11.3 Å². The Labute approximate surface area is 111 Å². The van der Waals surface area contributed by atoms with E-state index in [4.69, 9.17) is 16.3 Å². The largest absolute Gasteiger partial charge is 0.373 e. The zero-order valence-electron chi connectivity index (χ0n) is 10.4. The molecule has 2 heterocycles. The Hall–Kier alpha value is -1.46. The van der Waals surface area contributed by atoms with E-state index >= 15 is 0 Å². The van der Waals surface area contributed by atoms with Gasteiger partial charge in [-0.1, -0.05) is 18.5 Å². The predicted molar refractivity (Wildman–Crippen MR) is 69.2 cm³/mol. The van der Waals surface area contributed by atoms with Gasteiger partial charge in [0.2, 0.25) is 0 Å². The van der Waals surface area contributed by atoms with Gasteiger partial charge in [0.1, 0.15) is 11.8 Å². The summed E-state index contributed by atoms with van der Waals surface area (Å²) >= 11 is 5.99. The summed E-state index contributed by atoms with van der Waals surface area (Å²) < 4.78 is 7.14. The van der Waals surface area contributed by atoms with Gasteiger partial charge in [-0.2, -0.15) is 5.10 Å². The molecular weight excluding hydrogens is 252 g/mol. The highest BCUT2D eigenvalue weighted by atomic mass is 35.5. The summed E-state index contributed by atoms with van der Waals surface area (Å²) in [7, 11) is 1.86. The Morgan fingerprint density at radius 1 is 1.39 bits per heavy atom. The van der Waals surface area contributed by atoms with Gasteiger partial charge >= 0.3 is 0 Å². The Balaban J connectivity index is 2.21. The third-order valence-corrected chi connectivity index (χ3v) is 2.52. The second-order valence-electron chi connectivity index (χ2n) is 3.95. The van der Waals surface area contributed by atoms with Crippen LogP contribution in [0.1, 0.15) is 19.2 Å². The Bertz CT molecular complexity index is 527. The molecule has 0 saturated carbocycles. The smallest absolute Gasteiger partial charge is 0.156 e. The third-order valence-electron chi connectivity index (χ3n) is 2.32. The van der Waals surface area contributed by atoms with Gasteiger partial charge in [0.25, 0.3) is 0 Å². The highest BCUT2D eigenvalue weighted by Gasteiger charge is 2.07. The molecule has 0 radical (unpaired) electrons. The summed E-state index contributed by atoms with van der Waals surface area (Å²) in [5.74, 6) is 0.592.